The predicted molar refractivity (Wildman–Crippen MR) is 78.3 cm³/mol. The van der Waals surface area contributed by atoms with Crippen molar-refractivity contribution in [3.05, 3.63) is 63.2 Å². The summed E-state index contributed by atoms with van der Waals surface area (Å²) in [6.45, 7) is 2.00. The summed E-state index contributed by atoms with van der Waals surface area (Å²) >= 11 is 2.26. The van der Waals surface area contributed by atoms with E-state index in [9.17, 15) is 4.79 Å². The molecule has 0 radical (unpaired) electrons. The number of carbonyl (C=O) groups excluding carboxylic acids is 1. The lowest BCUT2D eigenvalue weighted by molar-refractivity contribution is 0.102. The van der Waals surface area contributed by atoms with Gasteiger partial charge in [0.05, 0.1) is 0 Å². The molecule has 0 bridgehead atoms. The minimum Gasteiger partial charge on any atom is -0.322 e. The van der Waals surface area contributed by atoms with Gasteiger partial charge in [0.2, 0.25) is 0 Å². The van der Waals surface area contributed by atoms with Crippen molar-refractivity contribution in [2.75, 3.05) is 5.32 Å². The Morgan fingerprint density at radius 3 is 2.47 bits per heavy atom. The van der Waals surface area contributed by atoms with Crippen LogP contribution < -0.4 is 5.32 Å². The molecule has 17 heavy (non-hydrogen) atoms. The van der Waals surface area contributed by atoms with Crippen molar-refractivity contribution in [1.29, 1.82) is 0 Å². The molecular formula is C14H12INO. The van der Waals surface area contributed by atoms with Gasteiger partial charge in [0.1, 0.15) is 0 Å². The van der Waals surface area contributed by atoms with Gasteiger partial charge in [0.15, 0.2) is 0 Å². The molecule has 2 nitrogen and oxygen atoms in total. The molecule has 0 atom stereocenters. The van der Waals surface area contributed by atoms with Crippen molar-refractivity contribution in [1.82, 2.24) is 0 Å². The predicted octanol–water partition coefficient (Wildman–Crippen LogP) is 3.85. The van der Waals surface area contributed by atoms with E-state index in [0.717, 1.165) is 14.8 Å². The third-order valence-corrected chi connectivity index (χ3v) is 3.72. The highest BCUT2D eigenvalue weighted by Gasteiger charge is 2.07. The molecule has 0 aromatic heterocycles. The highest BCUT2D eigenvalue weighted by Crippen LogP contribution is 2.20. The van der Waals surface area contributed by atoms with Gasteiger partial charge in [0.25, 0.3) is 5.91 Å². The first-order valence-electron chi connectivity index (χ1n) is 5.30. The van der Waals surface area contributed by atoms with E-state index >= 15 is 0 Å². The van der Waals surface area contributed by atoms with Gasteiger partial charge in [-0.2, -0.15) is 0 Å². The van der Waals surface area contributed by atoms with Crippen LogP contribution in [0.4, 0.5) is 5.69 Å². The molecule has 0 aliphatic heterocycles. The fourth-order valence-corrected chi connectivity index (χ4v) is 2.03. The monoisotopic (exact) mass is 337 g/mol. The molecule has 0 spiro atoms. The first-order chi connectivity index (χ1) is 8.18. The molecule has 0 aliphatic rings. The zero-order valence-corrected chi connectivity index (χ0v) is 11.6. The Labute approximate surface area is 114 Å². The maximum atomic E-state index is 12.0. The van der Waals surface area contributed by atoms with Crippen LogP contribution in [0.5, 0.6) is 0 Å². The summed E-state index contributed by atoms with van der Waals surface area (Å²) in [7, 11) is 0. The second-order valence-electron chi connectivity index (χ2n) is 3.73. The lowest BCUT2D eigenvalue weighted by atomic mass is 10.1. The number of hydrogen-bond donors (Lipinski definition) is 1. The Morgan fingerprint density at radius 2 is 1.76 bits per heavy atom. The Bertz CT molecular complexity index is 537. The van der Waals surface area contributed by atoms with Crippen LogP contribution in [0.2, 0.25) is 0 Å². The largest absolute Gasteiger partial charge is 0.322 e. The van der Waals surface area contributed by atoms with Crippen LogP contribution >= 0.6 is 22.6 Å². The van der Waals surface area contributed by atoms with Crippen LogP contribution in [0.15, 0.2) is 48.5 Å². The number of halogens is 1. The van der Waals surface area contributed by atoms with Crippen LogP contribution in [0, 0.1) is 10.5 Å². The zero-order chi connectivity index (χ0) is 12.3. The van der Waals surface area contributed by atoms with Crippen LogP contribution in [0.1, 0.15) is 15.9 Å². The Morgan fingerprint density at radius 1 is 1.06 bits per heavy atom. The molecule has 0 unspecified atom stereocenters. The van der Waals surface area contributed by atoms with Gasteiger partial charge in [-0.25, -0.2) is 0 Å². The van der Waals surface area contributed by atoms with E-state index in [2.05, 4.69) is 27.9 Å². The molecule has 1 N–H and O–H groups in total. The normalized spacial score (nSPS) is 10.0. The van der Waals surface area contributed by atoms with Crippen molar-refractivity contribution in [3.8, 4) is 0 Å². The molecule has 2 rings (SSSR count). The van der Waals surface area contributed by atoms with Gasteiger partial charge in [-0.05, 0) is 59.3 Å². The van der Waals surface area contributed by atoms with Gasteiger partial charge in [-0.1, -0.05) is 24.3 Å². The SMILES string of the molecule is Cc1c(I)cccc1NC(=O)c1ccccc1. The minimum atomic E-state index is -0.0734. The summed E-state index contributed by atoms with van der Waals surface area (Å²) in [5.41, 5.74) is 2.63. The van der Waals surface area contributed by atoms with Crippen LogP contribution in [-0.2, 0) is 0 Å². The molecule has 86 valence electrons. The second-order valence-corrected chi connectivity index (χ2v) is 4.89. The summed E-state index contributed by atoms with van der Waals surface area (Å²) in [5, 5.41) is 2.92. The molecule has 0 aliphatic carbocycles. The number of benzene rings is 2. The van der Waals surface area contributed by atoms with E-state index in [1.54, 1.807) is 12.1 Å². The van der Waals surface area contributed by atoms with Gasteiger partial charge >= 0.3 is 0 Å². The van der Waals surface area contributed by atoms with E-state index in [0.29, 0.717) is 5.56 Å². The molecular weight excluding hydrogens is 325 g/mol. The molecule has 0 saturated heterocycles. The molecule has 3 heteroatoms. The number of nitrogens with one attached hydrogen (secondary N) is 1. The summed E-state index contributed by atoms with van der Waals surface area (Å²) in [5.74, 6) is -0.0734. The van der Waals surface area contributed by atoms with E-state index in [1.807, 2.05) is 43.3 Å². The summed E-state index contributed by atoms with van der Waals surface area (Å²) in [6, 6.07) is 15.1. The number of rotatable bonds is 2. The van der Waals surface area contributed by atoms with E-state index in [-0.39, 0.29) is 5.91 Å². The topological polar surface area (TPSA) is 29.1 Å². The summed E-state index contributed by atoms with van der Waals surface area (Å²) < 4.78 is 1.15. The first kappa shape index (κ1) is 12.1. The Kier molecular flexibility index (Phi) is 3.78. The lowest BCUT2D eigenvalue weighted by Gasteiger charge is -2.09. The number of hydrogen-bond acceptors (Lipinski definition) is 1. The standard InChI is InChI=1S/C14H12INO/c1-10-12(15)8-5-9-13(10)16-14(17)11-6-3-2-4-7-11/h2-9H,1H3,(H,16,17). The smallest absolute Gasteiger partial charge is 0.255 e. The maximum Gasteiger partial charge on any atom is 0.255 e. The highest BCUT2D eigenvalue weighted by molar-refractivity contribution is 14.1. The fraction of sp³-hybridized carbons (Fsp3) is 0.0714. The molecule has 0 heterocycles. The van der Waals surface area contributed by atoms with Crippen molar-refractivity contribution in [3.63, 3.8) is 0 Å². The summed E-state index contributed by atoms with van der Waals surface area (Å²) in [6.07, 6.45) is 0. The van der Waals surface area contributed by atoms with E-state index < -0.39 is 0 Å². The summed E-state index contributed by atoms with van der Waals surface area (Å²) in [4.78, 5) is 12.0. The van der Waals surface area contributed by atoms with Gasteiger partial charge in [0, 0.05) is 14.8 Å². The molecule has 2 aromatic carbocycles. The van der Waals surface area contributed by atoms with Crippen LogP contribution in [-0.4, -0.2) is 5.91 Å². The quantitative estimate of drug-likeness (QED) is 0.829. The minimum absolute atomic E-state index is 0.0734. The van der Waals surface area contributed by atoms with Crippen LogP contribution in [0.25, 0.3) is 0 Å². The Balaban J connectivity index is 2.22. The maximum absolute atomic E-state index is 12.0. The zero-order valence-electron chi connectivity index (χ0n) is 9.41. The highest BCUT2D eigenvalue weighted by atomic mass is 127. The molecule has 0 saturated carbocycles. The number of anilines is 1. The third-order valence-electron chi connectivity index (χ3n) is 2.55. The second kappa shape index (κ2) is 5.31. The van der Waals surface area contributed by atoms with Crippen molar-refractivity contribution in [2.45, 2.75) is 6.92 Å². The van der Waals surface area contributed by atoms with Crippen molar-refractivity contribution < 1.29 is 4.79 Å². The van der Waals surface area contributed by atoms with Gasteiger partial charge in [-0.3, -0.25) is 4.79 Å². The molecule has 2 aromatic rings. The number of carbonyl (C=O) groups is 1. The van der Waals surface area contributed by atoms with Gasteiger partial charge < -0.3 is 5.32 Å². The van der Waals surface area contributed by atoms with E-state index in [1.165, 1.54) is 0 Å². The van der Waals surface area contributed by atoms with E-state index in [4.69, 9.17) is 0 Å². The van der Waals surface area contributed by atoms with Crippen LogP contribution in [0.3, 0.4) is 0 Å². The first-order valence-corrected chi connectivity index (χ1v) is 6.38. The average molecular weight is 337 g/mol. The van der Waals surface area contributed by atoms with Gasteiger partial charge in [-0.15, -0.1) is 0 Å². The lowest BCUT2D eigenvalue weighted by Crippen LogP contribution is -2.12. The van der Waals surface area contributed by atoms with Crippen molar-refractivity contribution in [2.24, 2.45) is 0 Å². The third kappa shape index (κ3) is 2.85. The molecule has 1 amide bonds. The number of amides is 1. The van der Waals surface area contributed by atoms with Crippen molar-refractivity contribution >= 4 is 34.2 Å². The Hall–Kier alpha value is -1.36. The molecule has 0 fully saturated rings. The fourth-order valence-electron chi connectivity index (χ4n) is 1.53. The average Bonchev–Trinajstić information content (AvgIpc) is 2.36.